The Morgan fingerprint density at radius 2 is 1.81 bits per heavy atom. The first-order chi connectivity index (χ1) is 10.1. The number of rotatable bonds is 5. The molecule has 0 radical (unpaired) electrons. The zero-order chi connectivity index (χ0) is 14.8. The molecular weight excluding hydrogens is 272 g/mol. The normalized spacial score (nSPS) is 14.2. The van der Waals surface area contributed by atoms with Crippen LogP contribution in [0.15, 0.2) is 36.4 Å². The van der Waals surface area contributed by atoms with Crippen LogP contribution in [0.4, 0.5) is 8.78 Å². The number of benzene rings is 2. The van der Waals surface area contributed by atoms with Crippen molar-refractivity contribution in [2.24, 2.45) is 0 Å². The van der Waals surface area contributed by atoms with Crippen LogP contribution in [-0.2, 0) is 6.54 Å². The van der Waals surface area contributed by atoms with E-state index in [1.165, 1.54) is 6.07 Å². The molecule has 1 aliphatic carbocycles. The number of hydrogen-bond donors (Lipinski definition) is 1. The molecule has 21 heavy (non-hydrogen) atoms. The highest BCUT2D eigenvalue weighted by atomic mass is 19.1. The average Bonchev–Trinajstić information content (AvgIpc) is 3.27. The zero-order valence-corrected chi connectivity index (χ0v) is 11.8. The summed E-state index contributed by atoms with van der Waals surface area (Å²) in [6.07, 6.45) is 2.24. The van der Waals surface area contributed by atoms with Crippen molar-refractivity contribution in [2.75, 3.05) is 0 Å². The number of hydrogen-bond acceptors (Lipinski definition) is 2. The lowest BCUT2D eigenvalue weighted by molar-refractivity contribution is 0.427. The lowest BCUT2D eigenvalue weighted by Crippen LogP contribution is -2.17. The van der Waals surface area contributed by atoms with Gasteiger partial charge in [-0.05, 0) is 43.5 Å². The minimum atomic E-state index is -0.414. The first-order valence-electron chi connectivity index (χ1n) is 7.09. The van der Waals surface area contributed by atoms with Crippen LogP contribution in [0.25, 0.3) is 0 Å². The van der Waals surface area contributed by atoms with Crippen LogP contribution in [0.5, 0.6) is 11.5 Å². The average molecular weight is 289 g/mol. The zero-order valence-electron chi connectivity index (χ0n) is 11.8. The van der Waals surface area contributed by atoms with Crippen molar-refractivity contribution in [1.29, 1.82) is 0 Å². The molecule has 0 aliphatic heterocycles. The van der Waals surface area contributed by atoms with Crippen molar-refractivity contribution in [1.82, 2.24) is 5.32 Å². The molecule has 1 fully saturated rings. The Hall–Kier alpha value is -1.94. The first kappa shape index (κ1) is 14.0. The van der Waals surface area contributed by atoms with Crippen LogP contribution >= 0.6 is 0 Å². The summed E-state index contributed by atoms with van der Waals surface area (Å²) in [5, 5.41) is 3.25. The van der Waals surface area contributed by atoms with Gasteiger partial charge < -0.3 is 10.1 Å². The van der Waals surface area contributed by atoms with Gasteiger partial charge in [0.15, 0.2) is 11.6 Å². The minimum Gasteiger partial charge on any atom is -0.454 e. The Balaban J connectivity index is 1.86. The van der Waals surface area contributed by atoms with Crippen molar-refractivity contribution in [3.63, 3.8) is 0 Å². The molecule has 0 unspecified atom stereocenters. The van der Waals surface area contributed by atoms with Gasteiger partial charge in [-0.25, -0.2) is 8.78 Å². The van der Waals surface area contributed by atoms with Crippen LogP contribution in [0.2, 0.25) is 0 Å². The highest BCUT2D eigenvalue weighted by Gasteiger charge is 2.22. The molecule has 3 rings (SSSR count). The van der Waals surface area contributed by atoms with Crippen molar-refractivity contribution in [3.05, 3.63) is 59.2 Å². The van der Waals surface area contributed by atoms with Gasteiger partial charge in [0, 0.05) is 18.2 Å². The molecule has 0 heterocycles. The van der Waals surface area contributed by atoms with E-state index < -0.39 is 5.82 Å². The summed E-state index contributed by atoms with van der Waals surface area (Å²) < 4.78 is 33.6. The van der Waals surface area contributed by atoms with E-state index in [0.717, 1.165) is 12.8 Å². The Kier molecular flexibility index (Phi) is 3.88. The van der Waals surface area contributed by atoms with Crippen LogP contribution in [-0.4, -0.2) is 6.04 Å². The summed E-state index contributed by atoms with van der Waals surface area (Å²) in [6, 6.07) is 10.0. The molecule has 0 amide bonds. The topological polar surface area (TPSA) is 21.3 Å². The van der Waals surface area contributed by atoms with Crippen LogP contribution in [0.3, 0.4) is 0 Å². The third kappa shape index (κ3) is 3.22. The minimum absolute atomic E-state index is 0.119. The molecule has 2 aromatic carbocycles. The largest absolute Gasteiger partial charge is 0.454 e. The smallest absolute Gasteiger partial charge is 0.168 e. The summed E-state index contributed by atoms with van der Waals surface area (Å²) in [5.41, 5.74) is 0.937. The van der Waals surface area contributed by atoms with Gasteiger partial charge in [-0.1, -0.05) is 18.2 Å². The molecule has 0 atom stereocenters. The van der Waals surface area contributed by atoms with E-state index in [1.807, 2.05) is 0 Å². The van der Waals surface area contributed by atoms with Gasteiger partial charge in [0.25, 0.3) is 0 Å². The Morgan fingerprint density at radius 3 is 2.57 bits per heavy atom. The number of aryl methyl sites for hydroxylation is 1. The summed E-state index contributed by atoms with van der Waals surface area (Å²) in [5.74, 6) is -0.280. The molecule has 0 spiro atoms. The third-order valence-electron chi connectivity index (χ3n) is 3.60. The van der Waals surface area contributed by atoms with Gasteiger partial charge >= 0.3 is 0 Å². The van der Waals surface area contributed by atoms with Gasteiger partial charge in [-0.2, -0.15) is 0 Å². The van der Waals surface area contributed by atoms with Crippen molar-refractivity contribution >= 4 is 0 Å². The molecular formula is C17H17F2NO. The van der Waals surface area contributed by atoms with E-state index in [0.29, 0.717) is 29.5 Å². The molecule has 2 aromatic rings. The van der Waals surface area contributed by atoms with E-state index in [-0.39, 0.29) is 11.6 Å². The van der Waals surface area contributed by atoms with E-state index in [4.69, 9.17) is 4.74 Å². The fraction of sp³-hybridized carbons (Fsp3) is 0.294. The van der Waals surface area contributed by atoms with Gasteiger partial charge in [0.2, 0.25) is 0 Å². The Labute approximate surface area is 122 Å². The number of ether oxygens (including phenoxy) is 1. The number of nitrogens with one attached hydrogen (secondary N) is 1. The van der Waals surface area contributed by atoms with Crippen molar-refractivity contribution in [3.8, 4) is 11.5 Å². The second kappa shape index (κ2) is 5.82. The predicted octanol–water partition coefficient (Wildman–Crippen LogP) is 4.32. The fourth-order valence-corrected chi connectivity index (χ4v) is 2.16. The Morgan fingerprint density at radius 1 is 1.10 bits per heavy atom. The lowest BCUT2D eigenvalue weighted by Gasteiger charge is -2.13. The maximum Gasteiger partial charge on any atom is 0.168 e. The number of halogens is 2. The fourth-order valence-electron chi connectivity index (χ4n) is 2.16. The van der Waals surface area contributed by atoms with Crippen LogP contribution < -0.4 is 10.1 Å². The Bertz CT molecular complexity index is 653. The first-order valence-corrected chi connectivity index (χ1v) is 7.09. The van der Waals surface area contributed by atoms with Crippen LogP contribution in [0.1, 0.15) is 24.0 Å². The summed E-state index contributed by atoms with van der Waals surface area (Å²) in [6.45, 7) is 2.06. The van der Waals surface area contributed by atoms with Gasteiger partial charge in [0.1, 0.15) is 11.6 Å². The van der Waals surface area contributed by atoms with Crippen molar-refractivity contribution < 1.29 is 13.5 Å². The molecule has 4 heteroatoms. The monoisotopic (exact) mass is 289 g/mol. The third-order valence-corrected chi connectivity index (χ3v) is 3.60. The van der Waals surface area contributed by atoms with Gasteiger partial charge in [0.05, 0.1) is 0 Å². The molecule has 1 aliphatic rings. The standard InChI is InChI=1S/C17H17F2NO/c1-11-4-2-7-16(17(11)19)21-15-6-3-5-14(18)13(15)10-20-12-8-9-12/h2-7,12,20H,8-10H2,1H3. The SMILES string of the molecule is Cc1cccc(Oc2cccc(F)c2CNC2CC2)c1F. The lowest BCUT2D eigenvalue weighted by atomic mass is 10.1. The van der Waals surface area contributed by atoms with E-state index in [1.54, 1.807) is 37.3 Å². The van der Waals surface area contributed by atoms with E-state index in [2.05, 4.69) is 5.32 Å². The molecule has 1 saturated carbocycles. The summed E-state index contributed by atoms with van der Waals surface area (Å²) in [7, 11) is 0. The highest BCUT2D eigenvalue weighted by Crippen LogP contribution is 2.30. The van der Waals surface area contributed by atoms with Gasteiger partial charge in [-0.3, -0.25) is 0 Å². The second-order valence-corrected chi connectivity index (χ2v) is 5.36. The molecule has 2 nitrogen and oxygen atoms in total. The highest BCUT2D eigenvalue weighted by molar-refractivity contribution is 5.40. The van der Waals surface area contributed by atoms with Crippen molar-refractivity contribution in [2.45, 2.75) is 32.4 Å². The maximum absolute atomic E-state index is 14.0. The van der Waals surface area contributed by atoms with Crippen LogP contribution in [0, 0.1) is 18.6 Å². The van der Waals surface area contributed by atoms with E-state index in [9.17, 15) is 8.78 Å². The molecule has 0 aromatic heterocycles. The summed E-state index contributed by atoms with van der Waals surface area (Å²) >= 11 is 0. The molecule has 0 bridgehead atoms. The van der Waals surface area contributed by atoms with Gasteiger partial charge in [-0.15, -0.1) is 0 Å². The molecule has 110 valence electrons. The second-order valence-electron chi connectivity index (χ2n) is 5.36. The molecule has 0 saturated heterocycles. The van der Waals surface area contributed by atoms with E-state index >= 15 is 0 Å². The predicted molar refractivity (Wildman–Crippen MR) is 77.5 cm³/mol. The quantitative estimate of drug-likeness (QED) is 0.885. The maximum atomic E-state index is 14.0. The summed E-state index contributed by atoms with van der Waals surface area (Å²) in [4.78, 5) is 0. The molecule has 1 N–H and O–H groups in total.